The van der Waals surface area contributed by atoms with E-state index in [2.05, 4.69) is 53.4 Å². The van der Waals surface area contributed by atoms with Gasteiger partial charge in [-0.3, -0.25) is 14.6 Å². The van der Waals surface area contributed by atoms with Crippen LogP contribution in [0.1, 0.15) is 11.1 Å². The molecule has 1 aliphatic heterocycles. The van der Waals surface area contributed by atoms with Crippen molar-refractivity contribution < 1.29 is 29.3 Å². The van der Waals surface area contributed by atoms with Crippen LogP contribution in [-0.4, -0.2) is 88.6 Å². The summed E-state index contributed by atoms with van der Waals surface area (Å²) < 4.78 is 12.0. The minimum atomic E-state index is -1.26. The fourth-order valence-electron chi connectivity index (χ4n) is 4.09. The zero-order valence-corrected chi connectivity index (χ0v) is 25.8. The monoisotopic (exact) mass is 677 g/mol. The largest absolute Gasteiger partial charge is 0.493 e. The van der Waals surface area contributed by atoms with E-state index in [0.717, 1.165) is 49.9 Å². The van der Waals surface area contributed by atoms with Gasteiger partial charge < -0.3 is 25.0 Å². The van der Waals surface area contributed by atoms with Crippen molar-refractivity contribution in [1.82, 2.24) is 20.0 Å². The molecule has 14 heteroatoms. The minimum Gasteiger partial charge on any atom is -0.493 e. The Kier molecular flexibility index (Phi) is 13.5. The first-order chi connectivity index (χ1) is 20.6. The molecular formula is C29H33BrClN5O7. The Hall–Kier alpha value is -3.91. The summed E-state index contributed by atoms with van der Waals surface area (Å²) >= 11 is 9.27. The zero-order valence-electron chi connectivity index (χ0n) is 23.5. The van der Waals surface area contributed by atoms with Gasteiger partial charge in [0.25, 0.3) is 5.56 Å². The lowest BCUT2D eigenvalue weighted by Gasteiger charge is -2.34. The normalized spacial score (nSPS) is 13.7. The fraction of sp³-hybridized carbons (Fsp3) is 0.310. The molecule has 12 nitrogen and oxygen atoms in total. The molecule has 0 atom stereocenters. The van der Waals surface area contributed by atoms with Crippen LogP contribution in [0.5, 0.6) is 11.5 Å². The first-order valence-corrected chi connectivity index (χ1v) is 14.4. The van der Waals surface area contributed by atoms with Crippen LogP contribution in [0.25, 0.3) is 0 Å². The number of benzene rings is 2. The lowest BCUT2D eigenvalue weighted by atomic mass is 10.2. The number of piperazine rings is 1. The molecule has 0 spiro atoms. The number of carboxylic acid groups (broad SMARTS) is 2. The van der Waals surface area contributed by atoms with Crippen LogP contribution >= 0.6 is 27.5 Å². The molecule has 1 saturated heterocycles. The predicted octanol–water partition coefficient (Wildman–Crippen LogP) is 3.71. The van der Waals surface area contributed by atoms with Gasteiger partial charge >= 0.3 is 11.9 Å². The Morgan fingerprint density at radius 3 is 2.28 bits per heavy atom. The second-order valence-electron chi connectivity index (χ2n) is 9.37. The third-order valence-corrected chi connectivity index (χ3v) is 7.36. The van der Waals surface area contributed by atoms with Gasteiger partial charge in [0, 0.05) is 63.0 Å². The number of carbonyl (C=O) groups is 2. The molecule has 3 aromatic rings. The summed E-state index contributed by atoms with van der Waals surface area (Å²) in [7, 11) is 1.64. The van der Waals surface area contributed by atoms with Crippen molar-refractivity contribution in [1.29, 1.82) is 0 Å². The quantitative estimate of drug-likeness (QED) is 0.207. The van der Waals surface area contributed by atoms with E-state index < -0.39 is 11.9 Å². The van der Waals surface area contributed by atoms with Crippen LogP contribution in [0.2, 0.25) is 5.02 Å². The molecule has 4 N–H and O–H groups in total. The van der Waals surface area contributed by atoms with E-state index >= 15 is 0 Å². The van der Waals surface area contributed by atoms with Crippen molar-refractivity contribution in [2.45, 2.75) is 13.1 Å². The molecule has 0 radical (unpaired) electrons. The van der Waals surface area contributed by atoms with E-state index in [1.165, 1.54) is 5.56 Å². The summed E-state index contributed by atoms with van der Waals surface area (Å²) in [6.45, 7) is 6.97. The van der Waals surface area contributed by atoms with Crippen LogP contribution < -0.4 is 20.3 Å². The van der Waals surface area contributed by atoms with Crippen molar-refractivity contribution in [2.75, 3.05) is 51.8 Å². The summed E-state index contributed by atoms with van der Waals surface area (Å²) in [5.74, 6) is -1.11. The second kappa shape index (κ2) is 17.3. The Balaban J connectivity index is 0.000000557. The number of aromatic nitrogens is 2. The highest BCUT2D eigenvalue weighted by molar-refractivity contribution is 9.10. The number of aliphatic carboxylic acids is 2. The average Bonchev–Trinajstić information content (AvgIpc) is 2.99. The molecule has 0 unspecified atom stereocenters. The molecule has 2 heterocycles. The van der Waals surface area contributed by atoms with Gasteiger partial charge in [-0.1, -0.05) is 29.8 Å². The van der Waals surface area contributed by atoms with Crippen LogP contribution in [0, 0.1) is 0 Å². The molecular weight excluding hydrogens is 646 g/mol. The number of H-pyrrole nitrogens is 1. The van der Waals surface area contributed by atoms with E-state index in [-0.39, 0.29) is 5.56 Å². The van der Waals surface area contributed by atoms with Gasteiger partial charge in [-0.15, -0.1) is 0 Å². The molecule has 1 aliphatic rings. The van der Waals surface area contributed by atoms with Crippen LogP contribution in [0.15, 0.2) is 70.1 Å². The number of ether oxygens (including phenoxy) is 2. The predicted molar refractivity (Wildman–Crippen MR) is 166 cm³/mol. The molecule has 0 saturated carbocycles. The highest BCUT2D eigenvalue weighted by Gasteiger charge is 2.17. The third-order valence-electron chi connectivity index (χ3n) is 6.32. The molecule has 0 amide bonds. The first kappa shape index (κ1) is 33.6. The molecule has 1 aromatic heterocycles. The van der Waals surface area contributed by atoms with Gasteiger partial charge in [0.05, 0.1) is 19.0 Å². The van der Waals surface area contributed by atoms with E-state index in [9.17, 15) is 14.4 Å². The number of hydrogen-bond donors (Lipinski definition) is 4. The number of hydrogen-bond acceptors (Lipinski definition) is 9. The number of halogens is 2. The summed E-state index contributed by atoms with van der Waals surface area (Å²) in [5, 5.41) is 25.8. The SMILES string of the molecule is COc1ccc(CNc2cn[nH]c(=O)c2Br)cc1OCCN1CCN(Cc2ccc(Cl)cc2)CC1.O=C(O)C=CC(=O)O. The zero-order chi connectivity index (χ0) is 31.2. The summed E-state index contributed by atoms with van der Waals surface area (Å²) in [6, 6.07) is 13.9. The van der Waals surface area contributed by atoms with E-state index in [0.29, 0.717) is 47.0 Å². The van der Waals surface area contributed by atoms with Crippen molar-refractivity contribution in [2.24, 2.45) is 0 Å². The Morgan fingerprint density at radius 1 is 1.02 bits per heavy atom. The second-order valence-corrected chi connectivity index (χ2v) is 10.6. The molecule has 4 rings (SSSR count). The lowest BCUT2D eigenvalue weighted by molar-refractivity contribution is -0.134. The standard InChI is InChI=1S/C25H29BrClN5O3.C4H4O4/c1-34-22-7-4-19(15-28-21-16-29-30-25(33)24(21)26)14-23(22)35-13-12-31-8-10-32(11-9-31)17-18-2-5-20(27)6-3-18;5-3(6)1-2-4(7)8/h2-7,14,16H,8-13,15,17H2,1H3,(H2,28,30,33);1-2H,(H,5,6)(H,7,8). The Morgan fingerprint density at radius 2 is 1.65 bits per heavy atom. The smallest absolute Gasteiger partial charge is 0.328 e. The number of aromatic amines is 1. The summed E-state index contributed by atoms with van der Waals surface area (Å²) in [6.07, 6.45) is 2.69. The first-order valence-electron chi connectivity index (χ1n) is 13.2. The Bertz CT molecular complexity index is 1430. The average molecular weight is 679 g/mol. The number of rotatable bonds is 12. The Labute approximate surface area is 262 Å². The van der Waals surface area contributed by atoms with Crippen LogP contribution in [0.4, 0.5) is 5.69 Å². The summed E-state index contributed by atoms with van der Waals surface area (Å²) in [5.41, 5.74) is 2.64. The molecule has 0 aliphatic carbocycles. The topological polar surface area (TPSA) is 157 Å². The maximum absolute atomic E-state index is 11.7. The van der Waals surface area contributed by atoms with Gasteiger partial charge in [-0.2, -0.15) is 5.10 Å². The number of nitrogens with zero attached hydrogens (tertiary/aromatic N) is 3. The highest BCUT2D eigenvalue weighted by Crippen LogP contribution is 2.29. The van der Waals surface area contributed by atoms with Crippen molar-refractivity contribution in [3.05, 3.63) is 91.8 Å². The molecule has 2 aromatic carbocycles. The molecule has 0 bridgehead atoms. The lowest BCUT2D eigenvalue weighted by Crippen LogP contribution is -2.47. The van der Waals surface area contributed by atoms with Gasteiger partial charge in [0.2, 0.25) is 0 Å². The van der Waals surface area contributed by atoms with Crippen molar-refractivity contribution in [3.63, 3.8) is 0 Å². The number of carboxylic acids is 2. The van der Waals surface area contributed by atoms with Crippen LogP contribution in [-0.2, 0) is 22.7 Å². The molecule has 230 valence electrons. The molecule has 1 fully saturated rings. The summed E-state index contributed by atoms with van der Waals surface area (Å²) in [4.78, 5) is 35.7. The van der Waals surface area contributed by atoms with Crippen molar-refractivity contribution >= 4 is 45.2 Å². The van der Waals surface area contributed by atoms with Gasteiger partial charge in [0.1, 0.15) is 11.1 Å². The van der Waals surface area contributed by atoms with E-state index in [1.54, 1.807) is 13.3 Å². The number of nitrogens with one attached hydrogen (secondary N) is 2. The van der Waals surface area contributed by atoms with E-state index in [1.807, 2.05) is 30.3 Å². The van der Waals surface area contributed by atoms with Gasteiger partial charge in [-0.25, -0.2) is 14.7 Å². The minimum absolute atomic E-state index is 0.278. The fourth-order valence-corrected chi connectivity index (χ4v) is 4.55. The maximum atomic E-state index is 11.7. The number of methoxy groups -OCH3 is 1. The van der Waals surface area contributed by atoms with Gasteiger partial charge in [0.15, 0.2) is 11.5 Å². The molecule has 43 heavy (non-hydrogen) atoms. The number of anilines is 1. The van der Waals surface area contributed by atoms with Crippen LogP contribution in [0.3, 0.4) is 0 Å². The van der Waals surface area contributed by atoms with Crippen molar-refractivity contribution in [3.8, 4) is 11.5 Å². The maximum Gasteiger partial charge on any atom is 0.328 e. The van der Waals surface area contributed by atoms with E-state index in [4.69, 9.17) is 31.3 Å². The highest BCUT2D eigenvalue weighted by atomic mass is 79.9. The van der Waals surface area contributed by atoms with Gasteiger partial charge in [-0.05, 0) is 51.3 Å². The third kappa shape index (κ3) is 11.7.